The number of carbonyl (C=O) groups excluding carboxylic acids is 1. The van der Waals surface area contributed by atoms with Crippen molar-refractivity contribution in [3.8, 4) is 0 Å². The van der Waals surface area contributed by atoms with Crippen LogP contribution in [0, 0.1) is 11.3 Å². The highest BCUT2D eigenvalue weighted by Crippen LogP contribution is 2.56. The van der Waals surface area contributed by atoms with Crippen LogP contribution in [0.3, 0.4) is 0 Å². The second-order valence-electron chi connectivity index (χ2n) is 4.36. The van der Waals surface area contributed by atoms with E-state index in [0.29, 0.717) is 0 Å². The maximum Gasteiger partial charge on any atom is 0.448 e. The molecule has 0 N–H and O–H groups in total. The molecular formula is C10H12ClF3O3. The molecule has 0 aromatic heterocycles. The lowest BCUT2D eigenvalue weighted by Crippen LogP contribution is -2.14. The maximum absolute atomic E-state index is 12.4. The highest BCUT2D eigenvalue weighted by atomic mass is 35.5. The number of methoxy groups -OCH3 is 1. The summed E-state index contributed by atoms with van der Waals surface area (Å²) < 4.78 is 46.2. The van der Waals surface area contributed by atoms with Crippen molar-refractivity contribution in [1.29, 1.82) is 0 Å². The molecule has 2 atom stereocenters. The van der Waals surface area contributed by atoms with Crippen molar-refractivity contribution in [2.24, 2.45) is 11.3 Å². The fraction of sp³-hybridized carbons (Fsp3) is 0.700. The molecule has 0 spiro atoms. The van der Waals surface area contributed by atoms with Gasteiger partial charge in [-0.05, 0) is 6.08 Å². The van der Waals surface area contributed by atoms with Crippen LogP contribution in [0.2, 0.25) is 0 Å². The first kappa shape index (κ1) is 14.2. The first-order valence-corrected chi connectivity index (χ1v) is 5.17. The zero-order valence-corrected chi connectivity index (χ0v) is 10.2. The van der Waals surface area contributed by atoms with Crippen molar-refractivity contribution in [2.75, 3.05) is 7.11 Å². The van der Waals surface area contributed by atoms with Crippen molar-refractivity contribution in [3.05, 3.63) is 11.8 Å². The van der Waals surface area contributed by atoms with Crippen molar-refractivity contribution < 1.29 is 27.4 Å². The highest BCUT2D eigenvalue weighted by Gasteiger charge is 2.60. The Morgan fingerprint density at radius 1 is 1.41 bits per heavy atom. The summed E-state index contributed by atoms with van der Waals surface area (Å²) in [7, 11) is 0.942. The molecule has 1 aliphatic carbocycles. The number of rotatable bonds is 3. The molecule has 0 aromatic rings. The molecule has 0 saturated heterocycles. The standard InChI is InChI=1S/C10H12ClF3O3/c1-9(2)5(7(9)17-8(11)15)4-6(16-3)10(12,13)14/h4-5,7H,1-3H3. The van der Waals surface area contributed by atoms with Crippen LogP contribution in [0.25, 0.3) is 0 Å². The van der Waals surface area contributed by atoms with Gasteiger partial charge in [-0.15, -0.1) is 0 Å². The SMILES string of the molecule is COC(=CC1C(OC(=O)Cl)C1(C)C)C(F)(F)F. The van der Waals surface area contributed by atoms with E-state index < -0.39 is 34.8 Å². The number of ether oxygens (including phenoxy) is 2. The minimum absolute atomic E-state index is 0.554. The van der Waals surface area contributed by atoms with Gasteiger partial charge >= 0.3 is 11.6 Å². The summed E-state index contributed by atoms with van der Waals surface area (Å²) >= 11 is 5.03. The van der Waals surface area contributed by atoms with Crippen molar-refractivity contribution in [3.63, 3.8) is 0 Å². The van der Waals surface area contributed by atoms with E-state index in [1.165, 1.54) is 0 Å². The smallest absolute Gasteiger partial charge is 0.448 e. The van der Waals surface area contributed by atoms with E-state index in [1.807, 2.05) is 0 Å². The van der Waals surface area contributed by atoms with Gasteiger partial charge in [-0.1, -0.05) is 13.8 Å². The van der Waals surface area contributed by atoms with E-state index in [9.17, 15) is 18.0 Å². The molecule has 1 aliphatic rings. The van der Waals surface area contributed by atoms with Crippen LogP contribution in [0.5, 0.6) is 0 Å². The van der Waals surface area contributed by atoms with E-state index >= 15 is 0 Å². The average molecular weight is 273 g/mol. The normalized spacial score (nSPS) is 27.6. The number of alkyl halides is 3. The molecule has 0 bridgehead atoms. The quantitative estimate of drug-likeness (QED) is 0.583. The minimum atomic E-state index is -4.55. The Kier molecular flexibility index (Phi) is 3.66. The van der Waals surface area contributed by atoms with Gasteiger partial charge in [0.15, 0.2) is 5.76 Å². The van der Waals surface area contributed by atoms with Gasteiger partial charge < -0.3 is 9.47 Å². The number of carbonyl (C=O) groups is 1. The third-order valence-corrected chi connectivity index (χ3v) is 2.95. The Bertz CT molecular complexity index is 349. The first-order valence-electron chi connectivity index (χ1n) is 4.79. The summed E-state index contributed by atoms with van der Waals surface area (Å²) in [6, 6.07) is 0. The van der Waals surface area contributed by atoms with Gasteiger partial charge in [0.1, 0.15) is 6.10 Å². The van der Waals surface area contributed by atoms with Gasteiger partial charge in [-0.2, -0.15) is 13.2 Å². The lowest BCUT2D eigenvalue weighted by Gasteiger charge is -2.09. The Labute approximate surface area is 102 Å². The van der Waals surface area contributed by atoms with E-state index in [4.69, 9.17) is 16.3 Å². The maximum atomic E-state index is 12.4. The van der Waals surface area contributed by atoms with Crippen LogP contribution in [0.1, 0.15) is 13.8 Å². The van der Waals surface area contributed by atoms with Crippen LogP contribution in [-0.4, -0.2) is 24.8 Å². The van der Waals surface area contributed by atoms with Crippen molar-refractivity contribution >= 4 is 17.0 Å². The van der Waals surface area contributed by atoms with Crippen LogP contribution in [-0.2, 0) is 9.47 Å². The highest BCUT2D eigenvalue weighted by molar-refractivity contribution is 6.61. The summed E-state index contributed by atoms with van der Waals surface area (Å²) in [4.78, 5) is 10.5. The fourth-order valence-electron chi connectivity index (χ4n) is 1.70. The summed E-state index contributed by atoms with van der Waals surface area (Å²) in [6.45, 7) is 3.37. The first-order chi connectivity index (χ1) is 7.60. The summed E-state index contributed by atoms with van der Waals surface area (Å²) in [5.41, 5.74) is -1.59. The number of halogens is 4. The molecule has 1 saturated carbocycles. The predicted molar refractivity (Wildman–Crippen MR) is 54.5 cm³/mol. The molecule has 0 aliphatic heterocycles. The number of allylic oxidation sites excluding steroid dienone is 1. The van der Waals surface area contributed by atoms with Crippen molar-refractivity contribution in [1.82, 2.24) is 0 Å². The van der Waals surface area contributed by atoms with E-state index in [1.54, 1.807) is 13.8 Å². The molecule has 1 rings (SSSR count). The molecule has 17 heavy (non-hydrogen) atoms. The van der Waals surface area contributed by atoms with Crippen LogP contribution in [0.4, 0.5) is 18.0 Å². The van der Waals surface area contributed by atoms with Crippen molar-refractivity contribution in [2.45, 2.75) is 26.1 Å². The molecule has 0 radical (unpaired) electrons. The summed E-state index contributed by atoms with van der Waals surface area (Å²) in [6.07, 6.45) is -4.28. The van der Waals surface area contributed by atoms with Gasteiger partial charge in [-0.3, -0.25) is 0 Å². The predicted octanol–water partition coefficient (Wildman–Crippen LogP) is 3.48. The van der Waals surface area contributed by atoms with Crippen LogP contribution >= 0.6 is 11.6 Å². The fourth-order valence-corrected chi connectivity index (χ4v) is 1.79. The van der Waals surface area contributed by atoms with E-state index in [2.05, 4.69) is 4.74 Å². The molecule has 3 nitrogen and oxygen atoms in total. The lowest BCUT2D eigenvalue weighted by atomic mass is 10.1. The summed E-state index contributed by atoms with van der Waals surface area (Å²) in [5, 5.41) is 0. The second kappa shape index (κ2) is 4.40. The van der Waals surface area contributed by atoms with Gasteiger partial charge in [0.2, 0.25) is 0 Å². The Balaban J connectivity index is 2.82. The third-order valence-electron chi connectivity index (χ3n) is 2.86. The molecule has 0 aromatic carbocycles. The largest absolute Gasteiger partial charge is 0.492 e. The molecule has 7 heteroatoms. The number of hydrogen-bond donors (Lipinski definition) is 0. The Morgan fingerprint density at radius 2 is 1.94 bits per heavy atom. The molecule has 0 amide bonds. The zero-order chi connectivity index (χ0) is 13.4. The van der Waals surface area contributed by atoms with Gasteiger partial charge in [0.05, 0.1) is 7.11 Å². The average Bonchev–Trinajstić information content (AvgIpc) is 2.61. The molecule has 98 valence electrons. The van der Waals surface area contributed by atoms with Gasteiger partial charge in [0.25, 0.3) is 0 Å². The molecule has 0 heterocycles. The van der Waals surface area contributed by atoms with Gasteiger partial charge in [-0.25, -0.2) is 4.79 Å². The lowest BCUT2D eigenvalue weighted by molar-refractivity contribution is -0.126. The van der Waals surface area contributed by atoms with Gasteiger partial charge in [0, 0.05) is 22.9 Å². The second-order valence-corrected chi connectivity index (χ2v) is 4.66. The van der Waals surface area contributed by atoms with Crippen LogP contribution < -0.4 is 0 Å². The Morgan fingerprint density at radius 3 is 2.29 bits per heavy atom. The Hall–Kier alpha value is -0.910. The molecule has 1 fully saturated rings. The third kappa shape index (κ3) is 3.06. The zero-order valence-electron chi connectivity index (χ0n) is 9.47. The molecule has 2 unspecified atom stereocenters. The van der Waals surface area contributed by atoms with E-state index in [0.717, 1.165) is 13.2 Å². The topological polar surface area (TPSA) is 35.5 Å². The van der Waals surface area contributed by atoms with Crippen LogP contribution in [0.15, 0.2) is 11.8 Å². The monoisotopic (exact) mass is 272 g/mol. The summed E-state index contributed by atoms with van der Waals surface area (Å²) in [5.74, 6) is -1.65. The minimum Gasteiger partial charge on any atom is -0.492 e. The number of hydrogen-bond acceptors (Lipinski definition) is 3. The van der Waals surface area contributed by atoms with E-state index in [-0.39, 0.29) is 0 Å². The molecular weight excluding hydrogens is 261 g/mol.